The van der Waals surface area contributed by atoms with E-state index < -0.39 is 5.97 Å². The molecule has 1 fully saturated rings. The van der Waals surface area contributed by atoms with Gasteiger partial charge in [-0.1, -0.05) is 15.9 Å². The highest BCUT2D eigenvalue weighted by Crippen LogP contribution is 2.25. The molecule has 2 unspecified atom stereocenters. The molecular formula is C13H16BrNO3. The molecule has 0 amide bonds. The Labute approximate surface area is 114 Å². The molecule has 2 atom stereocenters. The Morgan fingerprint density at radius 3 is 3.00 bits per heavy atom. The predicted octanol–water partition coefficient (Wildman–Crippen LogP) is 3.13. The van der Waals surface area contributed by atoms with Gasteiger partial charge in [-0.25, -0.2) is 4.79 Å². The zero-order chi connectivity index (χ0) is 13.1. The number of carbonyl (C=O) groups is 1. The summed E-state index contributed by atoms with van der Waals surface area (Å²) in [6.07, 6.45) is 2.01. The first-order valence-electron chi connectivity index (χ1n) is 5.97. The molecule has 1 saturated heterocycles. The van der Waals surface area contributed by atoms with Crippen LogP contribution in [-0.2, 0) is 4.74 Å². The lowest BCUT2D eigenvalue weighted by molar-refractivity contribution is 0.0232. The summed E-state index contributed by atoms with van der Waals surface area (Å²) in [7, 11) is 0. The molecule has 18 heavy (non-hydrogen) atoms. The molecule has 2 rings (SSSR count). The topological polar surface area (TPSA) is 58.6 Å². The molecule has 2 N–H and O–H groups in total. The summed E-state index contributed by atoms with van der Waals surface area (Å²) in [6.45, 7) is 2.75. The van der Waals surface area contributed by atoms with E-state index in [2.05, 4.69) is 21.2 Å². The Hall–Kier alpha value is -1.07. The van der Waals surface area contributed by atoms with Gasteiger partial charge in [0.2, 0.25) is 0 Å². The van der Waals surface area contributed by atoms with Gasteiger partial charge in [0.15, 0.2) is 0 Å². The van der Waals surface area contributed by atoms with Gasteiger partial charge in [-0.3, -0.25) is 0 Å². The minimum Gasteiger partial charge on any atom is -0.478 e. The molecule has 0 saturated carbocycles. The molecule has 5 heteroatoms. The lowest BCUT2D eigenvalue weighted by atomic mass is 10.0. The predicted molar refractivity (Wildman–Crippen MR) is 73.2 cm³/mol. The number of hydrogen-bond donors (Lipinski definition) is 2. The molecule has 1 aliphatic heterocycles. The highest BCUT2D eigenvalue weighted by atomic mass is 79.9. The van der Waals surface area contributed by atoms with Crippen LogP contribution in [-0.4, -0.2) is 29.8 Å². The zero-order valence-electron chi connectivity index (χ0n) is 10.1. The molecule has 0 radical (unpaired) electrons. The number of nitrogens with one attached hydrogen (secondary N) is 1. The molecule has 1 aliphatic rings. The molecule has 98 valence electrons. The van der Waals surface area contributed by atoms with E-state index in [0.717, 1.165) is 23.9 Å². The summed E-state index contributed by atoms with van der Waals surface area (Å²) in [6, 6.07) is 5.42. The number of carboxylic acid groups (broad SMARTS) is 1. The van der Waals surface area contributed by atoms with Crippen molar-refractivity contribution >= 4 is 27.6 Å². The van der Waals surface area contributed by atoms with Crippen molar-refractivity contribution in [1.82, 2.24) is 0 Å². The highest BCUT2D eigenvalue weighted by Gasteiger charge is 2.21. The fourth-order valence-electron chi connectivity index (χ4n) is 2.17. The second-order valence-corrected chi connectivity index (χ2v) is 5.46. The van der Waals surface area contributed by atoms with Crippen molar-refractivity contribution in [2.24, 2.45) is 0 Å². The van der Waals surface area contributed by atoms with E-state index in [4.69, 9.17) is 9.84 Å². The van der Waals surface area contributed by atoms with Crippen LogP contribution in [0.2, 0.25) is 0 Å². The van der Waals surface area contributed by atoms with Gasteiger partial charge in [-0.05, 0) is 38.0 Å². The monoisotopic (exact) mass is 313 g/mol. The number of rotatable bonds is 3. The standard InChI is InChI=1S/C13H16BrNO3/c1-8-6-10(4-5-18-8)15-12-7-9(14)2-3-11(12)13(16)17/h2-3,7-8,10,15H,4-6H2,1H3,(H,16,17). The number of hydrogen-bond acceptors (Lipinski definition) is 3. The van der Waals surface area contributed by atoms with Gasteiger partial charge in [0.25, 0.3) is 0 Å². The largest absolute Gasteiger partial charge is 0.478 e. The van der Waals surface area contributed by atoms with Gasteiger partial charge in [-0.15, -0.1) is 0 Å². The third-order valence-electron chi connectivity index (χ3n) is 3.06. The summed E-state index contributed by atoms with van der Waals surface area (Å²) in [5.41, 5.74) is 0.966. The number of carboxylic acids is 1. The van der Waals surface area contributed by atoms with Crippen molar-refractivity contribution in [2.75, 3.05) is 11.9 Å². The highest BCUT2D eigenvalue weighted by molar-refractivity contribution is 9.10. The van der Waals surface area contributed by atoms with Crippen LogP contribution in [0.15, 0.2) is 22.7 Å². The molecule has 0 bridgehead atoms. The Kier molecular flexibility index (Phi) is 4.24. The fourth-order valence-corrected chi connectivity index (χ4v) is 2.53. The number of aromatic carboxylic acids is 1. The number of anilines is 1. The average Bonchev–Trinajstić information content (AvgIpc) is 2.28. The van der Waals surface area contributed by atoms with Crippen LogP contribution in [0.5, 0.6) is 0 Å². The van der Waals surface area contributed by atoms with Crippen LogP contribution in [0, 0.1) is 0 Å². The average molecular weight is 314 g/mol. The summed E-state index contributed by atoms with van der Waals surface area (Å²) >= 11 is 3.36. The lowest BCUT2D eigenvalue weighted by Gasteiger charge is -2.29. The van der Waals surface area contributed by atoms with Gasteiger partial charge in [0.05, 0.1) is 17.4 Å². The second-order valence-electron chi connectivity index (χ2n) is 4.54. The summed E-state index contributed by atoms with van der Waals surface area (Å²) in [5.74, 6) is -0.912. The Morgan fingerprint density at radius 2 is 2.33 bits per heavy atom. The number of halogens is 1. The number of benzene rings is 1. The maximum atomic E-state index is 11.2. The van der Waals surface area contributed by atoms with E-state index in [1.807, 2.05) is 13.0 Å². The molecule has 4 nitrogen and oxygen atoms in total. The van der Waals surface area contributed by atoms with Crippen LogP contribution in [0.3, 0.4) is 0 Å². The van der Waals surface area contributed by atoms with Gasteiger partial charge in [0.1, 0.15) is 0 Å². The maximum Gasteiger partial charge on any atom is 0.337 e. The molecule has 0 aliphatic carbocycles. The Morgan fingerprint density at radius 1 is 1.56 bits per heavy atom. The fraction of sp³-hybridized carbons (Fsp3) is 0.462. The minimum atomic E-state index is -0.912. The van der Waals surface area contributed by atoms with Crippen molar-refractivity contribution in [2.45, 2.75) is 31.9 Å². The van der Waals surface area contributed by atoms with Crippen molar-refractivity contribution in [3.8, 4) is 0 Å². The molecule has 1 heterocycles. The molecule has 1 aromatic carbocycles. The normalized spacial score (nSPS) is 23.7. The lowest BCUT2D eigenvalue weighted by Crippen LogP contribution is -2.32. The quantitative estimate of drug-likeness (QED) is 0.900. The third-order valence-corrected chi connectivity index (χ3v) is 3.55. The summed E-state index contributed by atoms with van der Waals surface area (Å²) in [4.78, 5) is 11.2. The first kappa shape index (κ1) is 13.4. The molecule has 1 aromatic rings. The zero-order valence-corrected chi connectivity index (χ0v) is 11.7. The van der Waals surface area contributed by atoms with Crippen molar-refractivity contribution in [1.29, 1.82) is 0 Å². The first-order chi connectivity index (χ1) is 8.56. The van der Waals surface area contributed by atoms with Gasteiger partial charge >= 0.3 is 5.97 Å². The van der Waals surface area contributed by atoms with E-state index in [-0.39, 0.29) is 12.1 Å². The smallest absolute Gasteiger partial charge is 0.337 e. The van der Waals surface area contributed by atoms with E-state index in [1.165, 1.54) is 0 Å². The Bertz CT molecular complexity index is 450. The minimum absolute atomic E-state index is 0.219. The van der Waals surface area contributed by atoms with Crippen LogP contribution in [0.4, 0.5) is 5.69 Å². The van der Waals surface area contributed by atoms with Gasteiger partial charge in [0, 0.05) is 17.1 Å². The van der Waals surface area contributed by atoms with Crippen LogP contribution in [0.1, 0.15) is 30.1 Å². The molecule has 0 spiro atoms. The number of ether oxygens (including phenoxy) is 1. The summed E-state index contributed by atoms with van der Waals surface area (Å²) < 4.78 is 6.35. The van der Waals surface area contributed by atoms with Crippen molar-refractivity contribution in [3.05, 3.63) is 28.2 Å². The Balaban J connectivity index is 2.16. The van der Waals surface area contributed by atoms with E-state index in [0.29, 0.717) is 11.3 Å². The summed E-state index contributed by atoms with van der Waals surface area (Å²) in [5, 5.41) is 12.5. The van der Waals surface area contributed by atoms with Crippen LogP contribution < -0.4 is 5.32 Å². The first-order valence-corrected chi connectivity index (χ1v) is 6.76. The van der Waals surface area contributed by atoms with Gasteiger partial charge in [-0.2, -0.15) is 0 Å². The molecule has 0 aromatic heterocycles. The van der Waals surface area contributed by atoms with Crippen molar-refractivity contribution in [3.63, 3.8) is 0 Å². The maximum absolute atomic E-state index is 11.2. The van der Waals surface area contributed by atoms with E-state index in [9.17, 15) is 4.79 Å². The van der Waals surface area contributed by atoms with Crippen molar-refractivity contribution < 1.29 is 14.6 Å². The SMILES string of the molecule is CC1CC(Nc2cc(Br)ccc2C(=O)O)CCO1. The van der Waals surface area contributed by atoms with Crippen LogP contribution in [0.25, 0.3) is 0 Å². The third kappa shape index (κ3) is 3.23. The second kappa shape index (κ2) is 5.71. The molecular weight excluding hydrogens is 298 g/mol. The van der Waals surface area contributed by atoms with E-state index >= 15 is 0 Å². The van der Waals surface area contributed by atoms with Crippen LogP contribution >= 0.6 is 15.9 Å². The van der Waals surface area contributed by atoms with Gasteiger partial charge < -0.3 is 15.2 Å². The van der Waals surface area contributed by atoms with E-state index in [1.54, 1.807) is 12.1 Å².